The van der Waals surface area contributed by atoms with Gasteiger partial charge in [-0.1, -0.05) is 23.7 Å². The van der Waals surface area contributed by atoms with Gasteiger partial charge in [0.15, 0.2) is 0 Å². The molecule has 0 aliphatic carbocycles. The fourth-order valence-electron chi connectivity index (χ4n) is 1.89. The Morgan fingerprint density at radius 2 is 2.04 bits per heavy atom. The standard InChI is InChI=1S/C16H16ClNO4S/c1-16(2,3)22-13(19)9-18-14(20)12(23-15(18)21)8-10-5-4-6-11(17)7-10/h4-8H,9H2,1-3H3/b12-8+. The lowest BCUT2D eigenvalue weighted by molar-refractivity contribution is -0.156. The predicted molar refractivity (Wildman–Crippen MR) is 90.0 cm³/mol. The molecule has 23 heavy (non-hydrogen) atoms. The topological polar surface area (TPSA) is 63.7 Å². The quantitative estimate of drug-likeness (QED) is 0.612. The Kier molecular flexibility index (Phi) is 5.16. The first-order chi connectivity index (χ1) is 10.7. The fraction of sp³-hybridized carbons (Fsp3) is 0.312. The van der Waals surface area contributed by atoms with Crippen molar-refractivity contribution in [1.29, 1.82) is 0 Å². The van der Waals surface area contributed by atoms with Crippen molar-refractivity contribution >= 4 is 46.6 Å². The molecular formula is C16H16ClNO4S. The number of ether oxygens (including phenoxy) is 1. The summed E-state index contributed by atoms with van der Waals surface area (Å²) in [4.78, 5) is 37.2. The minimum absolute atomic E-state index is 0.251. The van der Waals surface area contributed by atoms with Crippen LogP contribution in [0.1, 0.15) is 26.3 Å². The highest BCUT2D eigenvalue weighted by Gasteiger charge is 2.37. The van der Waals surface area contributed by atoms with Gasteiger partial charge < -0.3 is 4.74 Å². The molecule has 2 amide bonds. The van der Waals surface area contributed by atoms with E-state index in [1.807, 2.05) is 0 Å². The van der Waals surface area contributed by atoms with E-state index in [1.165, 1.54) is 0 Å². The molecule has 1 saturated heterocycles. The van der Waals surface area contributed by atoms with Crippen LogP contribution in [0.25, 0.3) is 6.08 Å². The summed E-state index contributed by atoms with van der Waals surface area (Å²) in [5.74, 6) is -1.13. The summed E-state index contributed by atoms with van der Waals surface area (Å²) in [5.41, 5.74) is 0.0375. The number of rotatable bonds is 3. The number of carbonyl (C=O) groups excluding carboxylic acids is 3. The summed E-state index contributed by atoms with van der Waals surface area (Å²) in [7, 11) is 0. The van der Waals surface area contributed by atoms with Gasteiger partial charge in [-0.15, -0.1) is 0 Å². The van der Waals surface area contributed by atoms with Crippen molar-refractivity contribution in [2.75, 3.05) is 6.54 Å². The molecule has 1 heterocycles. The zero-order valence-electron chi connectivity index (χ0n) is 13.0. The van der Waals surface area contributed by atoms with Crippen LogP contribution in [0.3, 0.4) is 0 Å². The smallest absolute Gasteiger partial charge is 0.326 e. The number of imide groups is 1. The maximum absolute atomic E-state index is 12.3. The lowest BCUT2D eigenvalue weighted by Gasteiger charge is -2.21. The van der Waals surface area contributed by atoms with Crippen molar-refractivity contribution < 1.29 is 19.1 Å². The van der Waals surface area contributed by atoms with Gasteiger partial charge in [0, 0.05) is 5.02 Å². The molecule has 0 unspecified atom stereocenters. The number of hydrogen-bond acceptors (Lipinski definition) is 5. The van der Waals surface area contributed by atoms with Crippen molar-refractivity contribution in [2.45, 2.75) is 26.4 Å². The summed E-state index contributed by atoms with van der Waals surface area (Å²) in [6.45, 7) is 4.77. The molecule has 7 heteroatoms. The summed E-state index contributed by atoms with van der Waals surface area (Å²) in [5, 5.41) is 0.0425. The van der Waals surface area contributed by atoms with Crippen molar-refractivity contribution in [2.24, 2.45) is 0 Å². The molecule has 0 aromatic heterocycles. The number of halogens is 1. The van der Waals surface area contributed by atoms with E-state index >= 15 is 0 Å². The lowest BCUT2D eigenvalue weighted by atomic mass is 10.2. The molecule has 5 nitrogen and oxygen atoms in total. The lowest BCUT2D eigenvalue weighted by Crippen LogP contribution is -2.37. The largest absolute Gasteiger partial charge is 0.459 e. The van der Waals surface area contributed by atoms with E-state index in [0.717, 1.165) is 16.7 Å². The highest BCUT2D eigenvalue weighted by molar-refractivity contribution is 8.18. The Morgan fingerprint density at radius 3 is 2.65 bits per heavy atom. The Bertz CT molecular complexity index is 694. The van der Waals surface area contributed by atoms with Crippen LogP contribution in [0, 0.1) is 0 Å². The molecule has 1 aliphatic heterocycles. The predicted octanol–water partition coefficient (Wildman–Crippen LogP) is 3.72. The molecule has 1 aromatic carbocycles. The molecule has 2 rings (SSSR count). The van der Waals surface area contributed by atoms with Crippen molar-refractivity contribution in [3.05, 3.63) is 39.8 Å². The molecule has 0 saturated carbocycles. The van der Waals surface area contributed by atoms with Gasteiger partial charge in [0.05, 0.1) is 4.91 Å². The van der Waals surface area contributed by atoms with Crippen LogP contribution in [0.15, 0.2) is 29.2 Å². The van der Waals surface area contributed by atoms with E-state index in [-0.39, 0.29) is 4.91 Å². The van der Waals surface area contributed by atoms with Crippen LogP contribution in [-0.2, 0) is 14.3 Å². The van der Waals surface area contributed by atoms with Gasteiger partial charge >= 0.3 is 5.97 Å². The zero-order chi connectivity index (χ0) is 17.2. The number of thioether (sulfide) groups is 1. The van der Waals surface area contributed by atoms with E-state index in [0.29, 0.717) is 10.6 Å². The van der Waals surface area contributed by atoms with Crippen LogP contribution in [-0.4, -0.2) is 34.2 Å². The average Bonchev–Trinajstić information content (AvgIpc) is 2.64. The molecule has 0 atom stereocenters. The van der Waals surface area contributed by atoms with Crippen LogP contribution < -0.4 is 0 Å². The van der Waals surface area contributed by atoms with Gasteiger partial charge in [-0.2, -0.15) is 0 Å². The number of benzene rings is 1. The second kappa shape index (κ2) is 6.76. The second-order valence-electron chi connectivity index (χ2n) is 5.91. The highest BCUT2D eigenvalue weighted by atomic mass is 35.5. The highest BCUT2D eigenvalue weighted by Crippen LogP contribution is 2.32. The first-order valence-corrected chi connectivity index (χ1v) is 8.08. The van der Waals surface area contributed by atoms with Crippen molar-refractivity contribution in [3.8, 4) is 0 Å². The second-order valence-corrected chi connectivity index (χ2v) is 7.34. The fourth-order valence-corrected chi connectivity index (χ4v) is 2.92. The third-order valence-corrected chi connectivity index (χ3v) is 3.87. The molecule has 1 aromatic rings. The number of hydrogen-bond donors (Lipinski definition) is 0. The summed E-state index contributed by atoms with van der Waals surface area (Å²) in [6.07, 6.45) is 1.58. The number of esters is 1. The van der Waals surface area contributed by atoms with E-state index in [4.69, 9.17) is 16.3 Å². The monoisotopic (exact) mass is 353 g/mol. The Hall–Kier alpha value is -1.79. The zero-order valence-corrected chi connectivity index (χ0v) is 14.5. The van der Waals surface area contributed by atoms with E-state index in [1.54, 1.807) is 51.1 Å². The molecule has 0 N–H and O–H groups in total. The average molecular weight is 354 g/mol. The van der Waals surface area contributed by atoms with E-state index in [9.17, 15) is 14.4 Å². The van der Waals surface area contributed by atoms with Crippen LogP contribution in [0.5, 0.6) is 0 Å². The maximum atomic E-state index is 12.3. The number of carbonyl (C=O) groups is 3. The normalized spacial score (nSPS) is 17.0. The van der Waals surface area contributed by atoms with Gasteiger partial charge in [0.25, 0.3) is 11.1 Å². The molecule has 0 spiro atoms. The van der Waals surface area contributed by atoms with Crippen LogP contribution in [0.4, 0.5) is 4.79 Å². The van der Waals surface area contributed by atoms with Gasteiger partial charge in [-0.05, 0) is 56.3 Å². The molecular weight excluding hydrogens is 338 g/mol. The Balaban J connectivity index is 2.12. The summed E-state index contributed by atoms with van der Waals surface area (Å²) in [6, 6.07) is 6.92. The Labute approximate surface area is 143 Å². The minimum Gasteiger partial charge on any atom is -0.459 e. The molecule has 1 aliphatic rings. The summed E-state index contributed by atoms with van der Waals surface area (Å²) < 4.78 is 5.13. The number of nitrogens with zero attached hydrogens (tertiary/aromatic N) is 1. The van der Waals surface area contributed by atoms with Crippen molar-refractivity contribution in [1.82, 2.24) is 4.90 Å². The van der Waals surface area contributed by atoms with Crippen molar-refractivity contribution in [3.63, 3.8) is 0 Å². The van der Waals surface area contributed by atoms with Gasteiger partial charge in [-0.3, -0.25) is 19.3 Å². The van der Waals surface area contributed by atoms with Crippen LogP contribution in [0.2, 0.25) is 5.02 Å². The van der Waals surface area contributed by atoms with Crippen LogP contribution >= 0.6 is 23.4 Å². The van der Waals surface area contributed by atoms with E-state index in [2.05, 4.69) is 0 Å². The third-order valence-electron chi connectivity index (χ3n) is 2.73. The Morgan fingerprint density at radius 1 is 1.35 bits per heavy atom. The minimum atomic E-state index is -0.671. The summed E-state index contributed by atoms with van der Waals surface area (Å²) >= 11 is 6.68. The van der Waals surface area contributed by atoms with Gasteiger partial charge in [-0.25, -0.2) is 0 Å². The molecule has 122 valence electrons. The SMILES string of the molecule is CC(C)(C)OC(=O)CN1C(=O)S/C(=C/c2cccc(Cl)c2)C1=O. The van der Waals surface area contributed by atoms with Gasteiger partial charge in [0.2, 0.25) is 0 Å². The maximum Gasteiger partial charge on any atom is 0.326 e. The van der Waals surface area contributed by atoms with E-state index < -0.39 is 29.3 Å². The third kappa shape index (κ3) is 4.84. The molecule has 0 radical (unpaired) electrons. The first-order valence-electron chi connectivity index (χ1n) is 6.88. The number of amides is 2. The molecule has 1 fully saturated rings. The first kappa shape index (κ1) is 17.6. The van der Waals surface area contributed by atoms with Gasteiger partial charge in [0.1, 0.15) is 12.1 Å². The molecule has 0 bridgehead atoms.